The number of Topliss-reactive ketones (excluding diaryl/α,β-unsaturated/α-hetero) is 1. The van der Waals surface area contributed by atoms with E-state index in [9.17, 15) is 19.5 Å². The molecule has 0 unspecified atom stereocenters. The van der Waals surface area contributed by atoms with E-state index in [4.69, 9.17) is 18.9 Å². The Morgan fingerprint density at radius 1 is 1.20 bits per heavy atom. The van der Waals surface area contributed by atoms with Crippen molar-refractivity contribution >= 4 is 17.7 Å². The summed E-state index contributed by atoms with van der Waals surface area (Å²) in [5.74, 6) is -3.61. The van der Waals surface area contributed by atoms with Gasteiger partial charge in [-0.1, -0.05) is 13.0 Å². The highest BCUT2D eigenvalue weighted by molar-refractivity contribution is 6.12. The quantitative estimate of drug-likeness (QED) is 0.324. The fourth-order valence-corrected chi connectivity index (χ4v) is 4.65. The number of ketones is 1. The first kappa shape index (κ1) is 26.3. The molecule has 35 heavy (non-hydrogen) atoms. The number of ether oxygens (including phenoxy) is 4. The lowest BCUT2D eigenvalue weighted by Crippen LogP contribution is -2.43. The molecule has 0 saturated heterocycles. The van der Waals surface area contributed by atoms with Crippen molar-refractivity contribution in [2.75, 3.05) is 27.4 Å². The maximum atomic E-state index is 13.7. The number of carbonyl (C=O) groups excluding carboxylic acids is 3. The van der Waals surface area contributed by atoms with E-state index in [0.29, 0.717) is 29.0 Å². The number of aromatic hydroxyl groups is 1. The van der Waals surface area contributed by atoms with Crippen molar-refractivity contribution in [1.29, 1.82) is 0 Å². The molecule has 9 heteroatoms. The predicted molar refractivity (Wildman–Crippen MR) is 127 cm³/mol. The number of phenolic OH excluding ortho intramolecular Hbond substituents is 1. The summed E-state index contributed by atoms with van der Waals surface area (Å²) in [5.41, 5.74) is 2.30. The van der Waals surface area contributed by atoms with E-state index in [2.05, 4.69) is 5.32 Å². The van der Waals surface area contributed by atoms with E-state index in [1.54, 1.807) is 19.1 Å². The number of hydrogen-bond acceptors (Lipinski definition) is 9. The number of dihydropyridines is 1. The molecule has 1 aliphatic carbocycles. The molecule has 1 heterocycles. The summed E-state index contributed by atoms with van der Waals surface area (Å²) in [6.45, 7) is 7.61. The zero-order valence-electron chi connectivity index (χ0n) is 21.0. The molecule has 3 rings (SSSR count). The number of allylic oxidation sites excluding steroid dienone is 3. The highest BCUT2D eigenvalue weighted by Crippen LogP contribution is 2.46. The van der Waals surface area contributed by atoms with Gasteiger partial charge in [-0.2, -0.15) is 0 Å². The summed E-state index contributed by atoms with van der Waals surface area (Å²) in [7, 11) is 2.66. The highest BCUT2D eigenvalue weighted by atomic mass is 16.6. The van der Waals surface area contributed by atoms with Crippen LogP contribution >= 0.6 is 0 Å². The Hall–Kier alpha value is -3.33. The third kappa shape index (κ3) is 5.35. The molecule has 0 radical (unpaired) electrons. The zero-order valence-corrected chi connectivity index (χ0v) is 21.0. The fraction of sp³-hybridized carbons (Fsp3) is 0.500. The monoisotopic (exact) mass is 487 g/mol. The third-order valence-corrected chi connectivity index (χ3v) is 6.27. The number of phenols is 1. The van der Waals surface area contributed by atoms with Crippen LogP contribution in [0.2, 0.25) is 0 Å². The van der Waals surface area contributed by atoms with Crippen molar-refractivity contribution in [1.82, 2.24) is 5.32 Å². The third-order valence-electron chi connectivity index (χ3n) is 6.27. The molecule has 2 aliphatic rings. The van der Waals surface area contributed by atoms with E-state index in [1.165, 1.54) is 20.3 Å². The largest absolute Gasteiger partial charge is 0.504 e. The van der Waals surface area contributed by atoms with Crippen LogP contribution < -0.4 is 10.1 Å². The van der Waals surface area contributed by atoms with Gasteiger partial charge in [0.05, 0.1) is 32.5 Å². The lowest BCUT2D eigenvalue weighted by atomic mass is 9.69. The van der Waals surface area contributed by atoms with Crippen LogP contribution in [-0.2, 0) is 28.6 Å². The van der Waals surface area contributed by atoms with Crippen LogP contribution in [-0.4, -0.2) is 56.4 Å². The number of esters is 2. The summed E-state index contributed by atoms with van der Waals surface area (Å²) < 4.78 is 21.1. The summed E-state index contributed by atoms with van der Waals surface area (Å²) in [6, 6.07) is 4.65. The molecule has 1 aliphatic heterocycles. The van der Waals surface area contributed by atoms with Crippen LogP contribution in [0.1, 0.15) is 45.6 Å². The Labute approximate surface area is 205 Å². The van der Waals surface area contributed by atoms with E-state index in [1.807, 2.05) is 20.8 Å². The van der Waals surface area contributed by atoms with Crippen molar-refractivity contribution in [3.63, 3.8) is 0 Å². The van der Waals surface area contributed by atoms with E-state index in [-0.39, 0.29) is 42.3 Å². The van der Waals surface area contributed by atoms with Gasteiger partial charge in [-0.3, -0.25) is 9.59 Å². The summed E-state index contributed by atoms with van der Waals surface area (Å²) >= 11 is 0. The number of methoxy groups -OCH3 is 2. The van der Waals surface area contributed by atoms with Crippen LogP contribution in [0.25, 0.3) is 0 Å². The van der Waals surface area contributed by atoms with Crippen molar-refractivity contribution in [3.8, 4) is 11.5 Å². The molecule has 2 N–H and O–H groups in total. The first-order valence-corrected chi connectivity index (χ1v) is 11.6. The first-order chi connectivity index (χ1) is 16.6. The van der Waals surface area contributed by atoms with Gasteiger partial charge in [0.1, 0.15) is 12.5 Å². The molecule has 0 fully saturated rings. The molecule has 1 aromatic carbocycles. The molecule has 0 amide bonds. The second-order valence-electron chi connectivity index (χ2n) is 9.02. The van der Waals surface area contributed by atoms with Crippen molar-refractivity contribution in [2.45, 2.75) is 46.1 Å². The average molecular weight is 488 g/mol. The van der Waals surface area contributed by atoms with Crippen molar-refractivity contribution in [3.05, 3.63) is 46.3 Å². The van der Waals surface area contributed by atoms with Gasteiger partial charge in [0.25, 0.3) is 0 Å². The Balaban J connectivity index is 2.09. The van der Waals surface area contributed by atoms with Crippen LogP contribution in [0.4, 0.5) is 0 Å². The lowest BCUT2D eigenvalue weighted by Gasteiger charge is -2.38. The molecule has 3 atom stereocenters. The Bertz CT molecular complexity index is 1070. The van der Waals surface area contributed by atoms with Gasteiger partial charge in [0.15, 0.2) is 17.3 Å². The molecule has 9 nitrogen and oxygen atoms in total. The number of benzene rings is 1. The normalized spacial score (nSPS) is 22.0. The van der Waals surface area contributed by atoms with E-state index >= 15 is 0 Å². The van der Waals surface area contributed by atoms with Crippen LogP contribution in [0.3, 0.4) is 0 Å². The van der Waals surface area contributed by atoms with Crippen molar-refractivity contribution in [2.24, 2.45) is 11.8 Å². The average Bonchev–Trinajstić information content (AvgIpc) is 2.80. The number of hydrogen-bond donors (Lipinski definition) is 2. The minimum absolute atomic E-state index is 0.00645. The van der Waals surface area contributed by atoms with Gasteiger partial charge in [-0.15, -0.1) is 0 Å². The highest BCUT2D eigenvalue weighted by Gasteiger charge is 2.47. The lowest BCUT2D eigenvalue weighted by molar-refractivity contribution is -0.151. The molecule has 0 spiro atoms. The van der Waals surface area contributed by atoms with Gasteiger partial charge in [0, 0.05) is 22.9 Å². The van der Waals surface area contributed by atoms with Gasteiger partial charge in [0.2, 0.25) is 0 Å². The number of nitrogens with one attached hydrogen (secondary N) is 1. The standard InChI is InChI=1S/C26H33NO8/c1-13(2)34-9-10-35-26(31)21-15(4)27-17-11-14(3)20(25(30)33-6)24(29)23(17)22(21)16-7-8-18(28)19(12-16)32-5/h7-8,12-14,20,22,27-28H,9-11H2,1-6H3/t14-,20-,22+/m1/s1. The first-order valence-electron chi connectivity index (χ1n) is 11.6. The van der Waals surface area contributed by atoms with Gasteiger partial charge < -0.3 is 29.4 Å². The van der Waals surface area contributed by atoms with Crippen LogP contribution in [0.5, 0.6) is 11.5 Å². The van der Waals surface area contributed by atoms with Crippen LogP contribution in [0.15, 0.2) is 40.7 Å². The number of carbonyl (C=O) groups is 3. The predicted octanol–water partition coefficient (Wildman–Crippen LogP) is 2.98. The second-order valence-corrected chi connectivity index (χ2v) is 9.02. The molecule has 0 saturated carbocycles. The van der Waals surface area contributed by atoms with Crippen LogP contribution in [0, 0.1) is 11.8 Å². The SMILES string of the molecule is COC(=O)[C@H]1C(=O)C2=C(C[C@H]1C)NC(C)=C(C(=O)OCCOC(C)C)[C@@H]2c1ccc(O)c(OC)c1. The maximum absolute atomic E-state index is 13.7. The minimum atomic E-state index is -0.989. The molecule has 0 bridgehead atoms. The molecule has 0 aromatic heterocycles. The molecule has 1 aromatic rings. The Kier molecular flexibility index (Phi) is 8.22. The Morgan fingerprint density at radius 2 is 1.91 bits per heavy atom. The summed E-state index contributed by atoms with van der Waals surface area (Å²) in [5, 5.41) is 13.3. The Morgan fingerprint density at radius 3 is 2.54 bits per heavy atom. The summed E-state index contributed by atoms with van der Waals surface area (Å²) in [4.78, 5) is 39.5. The van der Waals surface area contributed by atoms with Crippen molar-refractivity contribution < 1.29 is 38.4 Å². The summed E-state index contributed by atoms with van der Waals surface area (Å²) in [6.07, 6.45) is 0.419. The molecule has 190 valence electrons. The second kappa shape index (κ2) is 10.9. The zero-order chi connectivity index (χ0) is 25.9. The number of rotatable bonds is 8. The van der Waals surface area contributed by atoms with E-state index in [0.717, 1.165) is 0 Å². The van der Waals surface area contributed by atoms with Gasteiger partial charge >= 0.3 is 11.9 Å². The van der Waals surface area contributed by atoms with Gasteiger partial charge in [-0.05, 0) is 50.8 Å². The topological polar surface area (TPSA) is 120 Å². The fourth-order valence-electron chi connectivity index (χ4n) is 4.65. The minimum Gasteiger partial charge on any atom is -0.504 e. The maximum Gasteiger partial charge on any atom is 0.336 e. The van der Waals surface area contributed by atoms with E-state index < -0.39 is 29.6 Å². The molecular weight excluding hydrogens is 454 g/mol. The smallest absolute Gasteiger partial charge is 0.336 e. The molecular formula is C26H33NO8. The van der Waals surface area contributed by atoms with Gasteiger partial charge in [-0.25, -0.2) is 4.79 Å².